The zero-order chi connectivity index (χ0) is 20.1. The Labute approximate surface area is 169 Å². The maximum Gasteiger partial charge on any atom is 0.234 e. The minimum atomic E-state index is -0.232. The van der Waals surface area contributed by atoms with Gasteiger partial charge in [0.25, 0.3) is 0 Å². The van der Waals surface area contributed by atoms with E-state index in [0.717, 1.165) is 27.7 Å². The molecule has 0 aliphatic carbocycles. The van der Waals surface area contributed by atoms with Crippen molar-refractivity contribution in [1.82, 2.24) is 15.3 Å². The van der Waals surface area contributed by atoms with Crippen molar-refractivity contribution < 1.29 is 9.90 Å². The molecule has 3 aromatic rings. The van der Waals surface area contributed by atoms with Crippen LogP contribution in [0.15, 0.2) is 59.8 Å². The molecule has 1 aromatic heterocycles. The number of hydrogen-bond acceptors (Lipinski definition) is 4. The van der Waals surface area contributed by atoms with Gasteiger partial charge in [-0.15, -0.1) is 0 Å². The second kappa shape index (κ2) is 8.97. The molecule has 0 aliphatic rings. The lowest BCUT2D eigenvalue weighted by atomic mass is 10.1. The van der Waals surface area contributed by atoms with Crippen molar-refractivity contribution in [3.05, 3.63) is 65.9 Å². The molecule has 3 N–H and O–H groups in total. The molecule has 0 bridgehead atoms. The molecular formula is C22H25N3O2S. The summed E-state index contributed by atoms with van der Waals surface area (Å²) in [5.41, 5.74) is 3.77. The van der Waals surface area contributed by atoms with Crippen LogP contribution >= 0.6 is 11.8 Å². The quantitative estimate of drug-likeness (QED) is 0.500. The van der Waals surface area contributed by atoms with E-state index in [1.54, 1.807) is 12.1 Å². The molecule has 2 atom stereocenters. The first-order valence-electron chi connectivity index (χ1n) is 9.36. The molecule has 1 heterocycles. The zero-order valence-electron chi connectivity index (χ0n) is 16.3. The first-order valence-corrected chi connectivity index (χ1v) is 10.2. The molecule has 146 valence electrons. The van der Waals surface area contributed by atoms with Crippen LogP contribution in [0.1, 0.15) is 37.6 Å². The van der Waals surface area contributed by atoms with Crippen molar-refractivity contribution in [3.63, 3.8) is 0 Å². The van der Waals surface area contributed by atoms with Crippen molar-refractivity contribution in [2.24, 2.45) is 0 Å². The van der Waals surface area contributed by atoms with E-state index in [1.165, 1.54) is 11.8 Å². The van der Waals surface area contributed by atoms with Crippen LogP contribution < -0.4 is 5.32 Å². The molecule has 0 saturated heterocycles. The molecule has 0 saturated carbocycles. The van der Waals surface area contributed by atoms with Gasteiger partial charge in [-0.25, -0.2) is 4.98 Å². The highest BCUT2D eigenvalue weighted by atomic mass is 32.2. The largest absolute Gasteiger partial charge is 0.508 e. The van der Waals surface area contributed by atoms with Gasteiger partial charge in [0.1, 0.15) is 5.75 Å². The van der Waals surface area contributed by atoms with Crippen LogP contribution in [-0.4, -0.2) is 26.2 Å². The molecule has 0 fully saturated rings. The number of H-pyrrole nitrogens is 1. The van der Waals surface area contributed by atoms with Gasteiger partial charge in [-0.1, -0.05) is 49.0 Å². The van der Waals surface area contributed by atoms with Crippen molar-refractivity contribution in [3.8, 4) is 17.0 Å². The second-order valence-corrected chi connectivity index (χ2v) is 7.91. The predicted molar refractivity (Wildman–Crippen MR) is 113 cm³/mol. The number of nitrogens with one attached hydrogen (secondary N) is 2. The van der Waals surface area contributed by atoms with E-state index in [9.17, 15) is 9.90 Å². The van der Waals surface area contributed by atoms with Gasteiger partial charge < -0.3 is 15.4 Å². The molecule has 0 radical (unpaired) electrons. The molecule has 0 unspecified atom stereocenters. The van der Waals surface area contributed by atoms with Crippen molar-refractivity contribution in [1.29, 1.82) is 0 Å². The van der Waals surface area contributed by atoms with Crippen LogP contribution in [0.3, 0.4) is 0 Å². The first-order chi connectivity index (χ1) is 13.5. The summed E-state index contributed by atoms with van der Waals surface area (Å²) in [7, 11) is 0. The molecule has 6 heteroatoms. The van der Waals surface area contributed by atoms with Gasteiger partial charge in [0.2, 0.25) is 5.91 Å². The highest BCUT2D eigenvalue weighted by Gasteiger charge is 2.22. The average molecular weight is 396 g/mol. The predicted octanol–water partition coefficient (Wildman–Crippen LogP) is 4.84. The summed E-state index contributed by atoms with van der Waals surface area (Å²) in [6.45, 7) is 5.95. The van der Waals surface area contributed by atoms with Crippen LogP contribution in [0.4, 0.5) is 0 Å². The maximum atomic E-state index is 12.8. The number of hydrogen-bond donors (Lipinski definition) is 3. The number of rotatable bonds is 7. The fourth-order valence-corrected chi connectivity index (χ4v) is 3.94. The van der Waals surface area contributed by atoms with Gasteiger partial charge in [-0.2, -0.15) is 0 Å². The Morgan fingerprint density at radius 1 is 1.18 bits per heavy atom. The fraction of sp³-hybridized carbons (Fsp3) is 0.273. The average Bonchev–Trinajstić information content (AvgIpc) is 3.07. The van der Waals surface area contributed by atoms with Gasteiger partial charge in [0, 0.05) is 11.3 Å². The number of benzene rings is 2. The van der Waals surface area contributed by atoms with Crippen molar-refractivity contribution in [2.45, 2.75) is 43.6 Å². The number of aromatic hydroxyl groups is 1. The highest BCUT2D eigenvalue weighted by Crippen LogP contribution is 2.29. The number of aromatic nitrogens is 2. The summed E-state index contributed by atoms with van der Waals surface area (Å²) in [6, 6.07) is 16.8. The Hall–Kier alpha value is -2.73. The minimum Gasteiger partial charge on any atom is -0.508 e. The molecule has 3 rings (SSSR count). The SMILES string of the molecule is CC[C@H](Sc1nc(-c2ccc(O)cc2)c(C)[nH]1)C(=O)N[C@H](C)c1ccccc1. The van der Waals surface area contributed by atoms with Gasteiger partial charge in [-0.05, 0) is 50.1 Å². The Bertz CT molecular complexity index is 923. The van der Waals surface area contributed by atoms with E-state index in [2.05, 4.69) is 15.3 Å². The van der Waals surface area contributed by atoms with Gasteiger partial charge >= 0.3 is 0 Å². The lowest BCUT2D eigenvalue weighted by Crippen LogP contribution is -2.34. The second-order valence-electron chi connectivity index (χ2n) is 6.72. The number of nitrogens with zero attached hydrogens (tertiary/aromatic N) is 1. The lowest BCUT2D eigenvalue weighted by Gasteiger charge is -2.18. The Kier molecular flexibility index (Phi) is 6.41. The van der Waals surface area contributed by atoms with Gasteiger partial charge in [0.15, 0.2) is 5.16 Å². The van der Waals surface area contributed by atoms with Crippen molar-refractivity contribution >= 4 is 17.7 Å². The number of phenolic OH excluding ortho intramolecular Hbond substituents is 1. The molecular weight excluding hydrogens is 370 g/mol. The van der Waals surface area contributed by atoms with E-state index in [-0.39, 0.29) is 22.9 Å². The Morgan fingerprint density at radius 2 is 1.86 bits per heavy atom. The standard InChI is InChI=1S/C22H25N3O2S/c1-4-19(21(27)23-14(2)16-8-6-5-7-9-16)28-22-24-15(3)20(25-22)17-10-12-18(26)13-11-17/h5-14,19,26H,4H2,1-3H3,(H,23,27)(H,24,25)/t14-,19+/m1/s1. The molecule has 2 aromatic carbocycles. The van der Waals surface area contributed by atoms with Crippen LogP contribution in [-0.2, 0) is 4.79 Å². The molecule has 0 spiro atoms. The minimum absolute atomic E-state index is 0.00379. The number of imidazole rings is 1. The topological polar surface area (TPSA) is 78.0 Å². The zero-order valence-corrected chi connectivity index (χ0v) is 17.1. The van der Waals surface area contributed by atoms with E-state index < -0.39 is 0 Å². The number of carbonyl (C=O) groups excluding carboxylic acids is 1. The van der Waals surface area contributed by atoms with Gasteiger partial charge in [0.05, 0.1) is 17.0 Å². The Morgan fingerprint density at radius 3 is 2.50 bits per heavy atom. The summed E-state index contributed by atoms with van der Waals surface area (Å²) in [6.07, 6.45) is 0.701. The number of aromatic amines is 1. The third-order valence-corrected chi connectivity index (χ3v) is 5.83. The third kappa shape index (κ3) is 4.75. The summed E-state index contributed by atoms with van der Waals surface area (Å²) < 4.78 is 0. The highest BCUT2D eigenvalue weighted by molar-refractivity contribution is 8.00. The summed E-state index contributed by atoms with van der Waals surface area (Å²) in [5.74, 6) is 0.228. The molecule has 0 aliphatic heterocycles. The molecule has 28 heavy (non-hydrogen) atoms. The lowest BCUT2D eigenvalue weighted by molar-refractivity contribution is -0.121. The summed E-state index contributed by atoms with van der Waals surface area (Å²) >= 11 is 1.44. The third-order valence-electron chi connectivity index (χ3n) is 4.58. The maximum absolute atomic E-state index is 12.8. The van der Waals surface area contributed by atoms with E-state index in [1.807, 2.05) is 63.2 Å². The van der Waals surface area contributed by atoms with Crippen LogP contribution in [0, 0.1) is 6.92 Å². The number of amides is 1. The fourth-order valence-electron chi connectivity index (χ4n) is 2.98. The van der Waals surface area contributed by atoms with Crippen LogP contribution in [0.2, 0.25) is 0 Å². The smallest absolute Gasteiger partial charge is 0.234 e. The summed E-state index contributed by atoms with van der Waals surface area (Å²) in [4.78, 5) is 20.7. The normalized spacial score (nSPS) is 13.1. The molecule has 1 amide bonds. The van der Waals surface area contributed by atoms with Crippen LogP contribution in [0.5, 0.6) is 5.75 Å². The van der Waals surface area contributed by atoms with E-state index in [0.29, 0.717) is 6.42 Å². The van der Waals surface area contributed by atoms with E-state index in [4.69, 9.17) is 0 Å². The summed E-state index contributed by atoms with van der Waals surface area (Å²) in [5, 5.41) is 13.1. The monoisotopic (exact) mass is 395 g/mol. The number of carbonyl (C=O) groups is 1. The molecule has 5 nitrogen and oxygen atoms in total. The van der Waals surface area contributed by atoms with Crippen molar-refractivity contribution in [2.75, 3.05) is 0 Å². The van der Waals surface area contributed by atoms with E-state index >= 15 is 0 Å². The van der Waals surface area contributed by atoms with Gasteiger partial charge in [-0.3, -0.25) is 4.79 Å². The first kappa shape index (κ1) is 20.0. The Balaban J connectivity index is 1.70. The van der Waals surface area contributed by atoms with Crippen LogP contribution in [0.25, 0.3) is 11.3 Å². The number of phenols is 1. The number of thioether (sulfide) groups is 1. The number of aryl methyl sites for hydroxylation is 1.